The summed E-state index contributed by atoms with van der Waals surface area (Å²) in [6.45, 7) is 3.41. The Bertz CT molecular complexity index is 130. The molecule has 0 atom stereocenters. The number of hydrogen-bond donors (Lipinski definition) is 2. The number of rotatable bonds is 4. The molecular weight excluding hydrogens is 136 g/mol. The van der Waals surface area contributed by atoms with Crippen LogP contribution < -0.4 is 10.6 Å². The highest BCUT2D eigenvalue weighted by atomic mass is 14.9. The molecule has 2 N–H and O–H groups in total. The van der Waals surface area contributed by atoms with Gasteiger partial charge >= 0.3 is 0 Å². The van der Waals surface area contributed by atoms with E-state index in [1.54, 1.807) is 5.57 Å². The van der Waals surface area contributed by atoms with E-state index in [1.807, 2.05) is 7.05 Å². The summed E-state index contributed by atoms with van der Waals surface area (Å²) in [5.41, 5.74) is 1.59. The van der Waals surface area contributed by atoms with Gasteiger partial charge in [0, 0.05) is 6.54 Å². The van der Waals surface area contributed by atoms with Crippen molar-refractivity contribution in [2.75, 3.05) is 26.7 Å². The van der Waals surface area contributed by atoms with Gasteiger partial charge < -0.3 is 10.6 Å². The lowest BCUT2D eigenvalue weighted by Gasteiger charge is -2.13. The standard InChI is InChI=1S/C9H18N2/c1-10-6-2-4-9-5-3-7-11-8-9/h5,10-11H,2-4,6-8H2,1H3. The van der Waals surface area contributed by atoms with E-state index >= 15 is 0 Å². The number of nitrogens with one attached hydrogen (secondary N) is 2. The first-order valence-corrected chi connectivity index (χ1v) is 4.46. The van der Waals surface area contributed by atoms with Crippen LogP contribution in [0.4, 0.5) is 0 Å². The first-order chi connectivity index (χ1) is 5.43. The van der Waals surface area contributed by atoms with Crippen molar-refractivity contribution >= 4 is 0 Å². The highest BCUT2D eigenvalue weighted by Gasteiger charge is 2.00. The van der Waals surface area contributed by atoms with Crippen LogP contribution >= 0.6 is 0 Å². The van der Waals surface area contributed by atoms with Gasteiger partial charge in [-0.2, -0.15) is 0 Å². The van der Waals surface area contributed by atoms with Crippen LogP contribution in [0.1, 0.15) is 19.3 Å². The maximum Gasteiger partial charge on any atom is 0.0164 e. The highest BCUT2D eigenvalue weighted by Crippen LogP contribution is 2.07. The Morgan fingerprint density at radius 1 is 1.64 bits per heavy atom. The molecule has 0 saturated carbocycles. The third kappa shape index (κ3) is 3.54. The molecule has 0 unspecified atom stereocenters. The fraction of sp³-hybridized carbons (Fsp3) is 0.778. The van der Waals surface area contributed by atoms with Crippen molar-refractivity contribution in [2.24, 2.45) is 0 Å². The van der Waals surface area contributed by atoms with Crippen LogP contribution in [0.2, 0.25) is 0 Å². The van der Waals surface area contributed by atoms with Gasteiger partial charge in [0.05, 0.1) is 0 Å². The molecule has 1 rings (SSSR count). The van der Waals surface area contributed by atoms with Crippen LogP contribution in [-0.4, -0.2) is 26.7 Å². The van der Waals surface area contributed by atoms with E-state index < -0.39 is 0 Å². The molecule has 1 heterocycles. The van der Waals surface area contributed by atoms with Gasteiger partial charge in [0.2, 0.25) is 0 Å². The van der Waals surface area contributed by atoms with Gasteiger partial charge in [0.25, 0.3) is 0 Å². The van der Waals surface area contributed by atoms with Crippen molar-refractivity contribution in [3.05, 3.63) is 11.6 Å². The van der Waals surface area contributed by atoms with E-state index in [0.29, 0.717) is 0 Å². The molecule has 1 aliphatic heterocycles. The predicted octanol–water partition coefficient (Wildman–Crippen LogP) is 0.906. The summed E-state index contributed by atoms with van der Waals surface area (Å²) in [6, 6.07) is 0. The van der Waals surface area contributed by atoms with Gasteiger partial charge in [-0.05, 0) is 39.4 Å². The predicted molar refractivity (Wildman–Crippen MR) is 48.7 cm³/mol. The maximum absolute atomic E-state index is 3.37. The molecule has 64 valence electrons. The smallest absolute Gasteiger partial charge is 0.0164 e. The summed E-state index contributed by atoms with van der Waals surface area (Å²) >= 11 is 0. The van der Waals surface area contributed by atoms with E-state index in [9.17, 15) is 0 Å². The largest absolute Gasteiger partial charge is 0.320 e. The summed E-state index contributed by atoms with van der Waals surface area (Å²) < 4.78 is 0. The molecule has 0 radical (unpaired) electrons. The Hall–Kier alpha value is -0.340. The Labute approximate surface area is 69.1 Å². The van der Waals surface area contributed by atoms with E-state index in [1.165, 1.54) is 19.3 Å². The molecule has 0 aromatic heterocycles. The average Bonchev–Trinajstić information content (AvgIpc) is 2.07. The fourth-order valence-corrected chi connectivity index (χ4v) is 1.38. The molecule has 0 saturated heterocycles. The van der Waals surface area contributed by atoms with Gasteiger partial charge in [0.1, 0.15) is 0 Å². The van der Waals surface area contributed by atoms with Crippen LogP contribution in [0.3, 0.4) is 0 Å². The zero-order valence-corrected chi connectivity index (χ0v) is 7.32. The second-order valence-electron chi connectivity index (χ2n) is 3.03. The monoisotopic (exact) mass is 154 g/mol. The van der Waals surface area contributed by atoms with E-state index in [0.717, 1.165) is 19.6 Å². The summed E-state index contributed by atoms with van der Waals surface area (Å²) in [5.74, 6) is 0. The van der Waals surface area contributed by atoms with Crippen molar-refractivity contribution < 1.29 is 0 Å². The van der Waals surface area contributed by atoms with Gasteiger partial charge in [-0.15, -0.1) is 0 Å². The second kappa shape index (κ2) is 5.33. The molecule has 0 bridgehead atoms. The Kier molecular flexibility index (Phi) is 4.24. The second-order valence-corrected chi connectivity index (χ2v) is 3.03. The SMILES string of the molecule is CNCCCC1=CCCNC1. The van der Waals surface area contributed by atoms with E-state index in [2.05, 4.69) is 16.7 Å². The molecule has 0 aromatic rings. The van der Waals surface area contributed by atoms with Crippen LogP contribution in [-0.2, 0) is 0 Å². The lowest BCUT2D eigenvalue weighted by Crippen LogP contribution is -2.22. The summed E-state index contributed by atoms with van der Waals surface area (Å²) in [6.07, 6.45) is 6.12. The third-order valence-electron chi connectivity index (χ3n) is 2.03. The van der Waals surface area contributed by atoms with Crippen LogP contribution in [0, 0.1) is 0 Å². The van der Waals surface area contributed by atoms with Crippen molar-refractivity contribution in [2.45, 2.75) is 19.3 Å². The summed E-state index contributed by atoms with van der Waals surface area (Å²) in [5, 5.41) is 6.53. The minimum absolute atomic E-state index is 1.11. The maximum atomic E-state index is 3.37. The highest BCUT2D eigenvalue weighted by molar-refractivity contribution is 5.07. The van der Waals surface area contributed by atoms with Gasteiger partial charge in [-0.1, -0.05) is 11.6 Å². The average molecular weight is 154 g/mol. The third-order valence-corrected chi connectivity index (χ3v) is 2.03. The summed E-state index contributed by atoms with van der Waals surface area (Å²) in [4.78, 5) is 0. The van der Waals surface area contributed by atoms with Gasteiger partial charge in [-0.25, -0.2) is 0 Å². The quantitative estimate of drug-likeness (QED) is 0.464. The van der Waals surface area contributed by atoms with Crippen LogP contribution in [0.25, 0.3) is 0 Å². The van der Waals surface area contributed by atoms with Crippen molar-refractivity contribution in [1.82, 2.24) is 10.6 Å². The first-order valence-electron chi connectivity index (χ1n) is 4.46. The molecular formula is C9H18N2. The number of hydrogen-bond acceptors (Lipinski definition) is 2. The minimum atomic E-state index is 1.11. The lowest BCUT2D eigenvalue weighted by atomic mass is 10.1. The zero-order chi connectivity index (χ0) is 7.94. The molecule has 0 aromatic carbocycles. The topological polar surface area (TPSA) is 24.1 Å². The van der Waals surface area contributed by atoms with Gasteiger partial charge in [-0.3, -0.25) is 0 Å². The molecule has 0 fully saturated rings. The summed E-state index contributed by atoms with van der Waals surface area (Å²) in [7, 11) is 2.01. The van der Waals surface area contributed by atoms with E-state index in [-0.39, 0.29) is 0 Å². The van der Waals surface area contributed by atoms with Crippen LogP contribution in [0.5, 0.6) is 0 Å². The Morgan fingerprint density at radius 3 is 3.18 bits per heavy atom. The first kappa shape index (κ1) is 8.75. The zero-order valence-electron chi connectivity index (χ0n) is 7.32. The Balaban J connectivity index is 2.09. The lowest BCUT2D eigenvalue weighted by molar-refractivity contribution is 0.649. The van der Waals surface area contributed by atoms with E-state index in [4.69, 9.17) is 0 Å². The molecule has 0 spiro atoms. The normalized spacial score (nSPS) is 18.1. The van der Waals surface area contributed by atoms with Crippen LogP contribution in [0.15, 0.2) is 11.6 Å². The molecule has 2 nitrogen and oxygen atoms in total. The minimum Gasteiger partial charge on any atom is -0.320 e. The Morgan fingerprint density at radius 2 is 2.55 bits per heavy atom. The van der Waals surface area contributed by atoms with Crippen molar-refractivity contribution in [1.29, 1.82) is 0 Å². The van der Waals surface area contributed by atoms with Crippen molar-refractivity contribution in [3.63, 3.8) is 0 Å². The molecule has 0 amide bonds. The van der Waals surface area contributed by atoms with Crippen molar-refractivity contribution in [3.8, 4) is 0 Å². The molecule has 11 heavy (non-hydrogen) atoms. The van der Waals surface area contributed by atoms with Gasteiger partial charge in [0.15, 0.2) is 0 Å². The molecule has 2 heteroatoms. The fourth-order valence-electron chi connectivity index (χ4n) is 1.38. The molecule has 1 aliphatic rings. The molecule has 0 aliphatic carbocycles.